The van der Waals surface area contributed by atoms with Gasteiger partial charge in [0, 0.05) is 19.3 Å². The van der Waals surface area contributed by atoms with Crippen molar-refractivity contribution in [2.24, 2.45) is 0 Å². The van der Waals surface area contributed by atoms with Crippen LogP contribution < -0.4 is 0 Å². The second kappa shape index (κ2) is 66.1. The third kappa shape index (κ3) is 63.4. The molecule has 0 spiro atoms. The summed E-state index contributed by atoms with van der Waals surface area (Å²) in [4.78, 5) is 38.3. The van der Waals surface area contributed by atoms with E-state index in [1.807, 2.05) is 0 Å². The van der Waals surface area contributed by atoms with Crippen LogP contribution in [0.5, 0.6) is 0 Å². The standard InChI is InChI=1S/C72H126O6/c1-4-7-10-13-16-19-22-25-27-29-31-32-33-34-35-36-37-38-39-40-41-43-44-47-50-53-56-59-62-65-71(74)77-68-69(67-76-70(73)64-61-58-55-52-49-46-24-21-18-15-12-9-6-3)78-72(75)66-63-60-57-54-51-48-45-42-30-28-26-23-20-17-14-11-8-5-2/h7,10,12,15-16,19,21,24-25,27,31-32,34-35,69H,4-6,8-9,11,13-14,17-18,20,22-23,26,28-30,33,36-68H2,1-3H3/b10-7-,15-12-,19-16-,24-21-,27-25-,32-31-,35-34-. The van der Waals surface area contributed by atoms with Crippen molar-refractivity contribution < 1.29 is 28.6 Å². The highest BCUT2D eigenvalue weighted by atomic mass is 16.6. The molecule has 0 aromatic rings. The Bertz CT molecular complexity index is 1480. The Hall–Kier alpha value is -3.41. The highest BCUT2D eigenvalue weighted by Gasteiger charge is 2.19. The first-order chi connectivity index (χ1) is 38.5. The van der Waals surface area contributed by atoms with Crippen LogP contribution in [0, 0.1) is 0 Å². The molecule has 0 amide bonds. The van der Waals surface area contributed by atoms with Gasteiger partial charge < -0.3 is 14.2 Å². The lowest BCUT2D eigenvalue weighted by Gasteiger charge is -2.18. The molecule has 0 aromatic heterocycles. The van der Waals surface area contributed by atoms with Crippen molar-refractivity contribution in [1.29, 1.82) is 0 Å². The first-order valence-electron chi connectivity index (χ1n) is 33.6. The Morgan fingerprint density at radius 2 is 0.526 bits per heavy atom. The van der Waals surface area contributed by atoms with E-state index in [0.29, 0.717) is 19.3 Å². The predicted octanol–water partition coefficient (Wildman–Crippen LogP) is 23.1. The van der Waals surface area contributed by atoms with Gasteiger partial charge in [-0.1, -0.05) is 311 Å². The minimum atomic E-state index is -0.781. The van der Waals surface area contributed by atoms with Gasteiger partial charge in [-0.15, -0.1) is 0 Å². The SMILES string of the molecule is CC/C=C\C/C=C\C/C=C\C/C=C\C/C=C\CCCCCCCCCCCCCCCC(=O)OCC(COC(=O)CCCCCCC/C=C\C/C=C\CCC)OC(=O)CCCCCCCCCCCCCCCCCCCC. The van der Waals surface area contributed by atoms with E-state index >= 15 is 0 Å². The van der Waals surface area contributed by atoms with Gasteiger partial charge in [-0.25, -0.2) is 0 Å². The molecule has 1 unspecified atom stereocenters. The summed E-state index contributed by atoms with van der Waals surface area (Å²) in [5, 5.41) is 0. The van der Waals surface area contributed by atoms with Crippen molar-refractivity contribution in [1.82, 2.24) is 0 Å². The molecule has 1 atom stereocenters. The van der Waals surface area contributed by atoms with Crippen molar-refractivity contribution in [3.05, 3.63) is 85.1 Å². The first kappa shape index (κ1) is 74.6. The summed E-state index contributed by atoms with van der Waals surface area (Å²) in [7, 11) is 0. The molecule has 0 saturated carbocycles. The molecule has 6 nitrogen and oxygen atoms in total. The summed E-state index contributed by atoms with van der Waals surface area (Å²) >= 11 is 0. The molecule has 0 N–H and O–H groups in total. The quantitative estimate of drug-likeness (QED) is 0.0261. The Kier molecular flexibility index (Phi) is 63.2. The highest BCUT2D eigenvalue weighted by Crippen LogP contribution is 2.17. The normalized spacial score (nSPS) is 12.6. The second-order valence-corrected chi connectivity index (χ2v) is 22.4. The lowest BCUT2D eigenvalue weighted by Crippen LogP contribution is -2.30. The fourth-order valence-corrected chi connectivity index (χ4v) is 9.63. The molecule has 450 valence electrons. The van der Waals surface area contributed by atoms with Gasteiger partial charge in [-0.3, -0.25) is 14.4 Å². The van der Waals surface area contributed by atoms with Crippen LogP contribution in [0.15, 0.2) is 85.1 Å². The average Bonchev–Trinajstić information content (AvgIpc) is 3.44. The molecule has 0 aromatic carbocycles. The molecule has 0 aliphatic carbocycles. The molecular weight excluding hydrogens is 961 g/mol. The average molecular weight is 1090 g/mol. The Balaban J connectivity index is 4.24. The zero-order valence-corrected chi connectivity index (χ0v) is 51.7. The number of carbonyl (C=O) groups excluding carboxylic acids is 3. The predicted molar refractivity (Wildman–Crippen MR) is 339 cm³/mol. The van der Waals surface area contributed by atoms with E-state index in [2.05, 4.69) is 106 Å². The largest absolute Gasteiger partial charge is 0.462 e. The highest BCUT2D eigenvalue weighted by molar-refractivity contribution is 5.71. The van der Waals surface area contributed by atoms with Crippen LogP contribution in [-0.4, -0.2) is 37.2 Å². The zero-order chi connectivity index (χ0) is 56.4. The monoisotopic (exact) mass is 1090 g/mol. The van der Waals surface area contributed by atoms with Crippen LogP contribution in [0.1, 0.15) is 335 Å². The number of esters is 3. The van der Waals surface area contributed by atoms with Crippen molar-refractivity contribution in [3.63, 3.8) is 0 Å². The molecule has 0 radical (unpaired) electrons. The van der Waals surface area contributed by atoms with E-state index < -0.39 is 6.10 Å². The Morgan fingerprint density at radius 1 is 0.269 bits per heavy atom. The Morgan fingerprint density at radius 3 is 0.833 bits per heavy atom. The molecule has 0 aliphatic rings. The summed E-state index contributed by atoms with van der Waals surface area (Å²) in [6, 6.07) is 0. The number of hydrogen-bond donors (Lipinski definition) is 0. The van der Waals surface area contributed by atoms with E-state index in [9.17, 15) is 14.4 Å². The number of carbonyl (C=O) groups is 3. The van der Waals surface area contributed by atoms with E-state index in [0.717, 1.165) is 116 Å². The zero-order valence-electron chi connectivity index (χ0n) is 51.7. The smallest absolute Gasteiger partial charge is 0.306 e. The van der Waals surface area contributed by atoms with Crippen LogP contribution in [0.3, 0.4) is 0 Å². The minimum Gasteiger partial charge on any atom is -0.462 e. The van der Waals surface area contributed by atoms with Gasteiger partial charge in [0.15, 0.2) is 6.10 Å². The third-order valence-corrected chi connectivity index (χ3v) is 14.6. The fourth-order valence-electron chi connectivity index (χ4n) is 9.63. The van der Waals surface area contributed by atoms with Gasteiger partial charge in [0.2, 0.25) is 0 Å². The molecular formula is C72H126O6. The maximum atomic E-state index is 12.9. The summed E-state index contributed by atoms with van der Waals surface area (Å²) in [5.41, 5.74) is 0. The lowest BCUT2D eigenvalue weighted by molar-refractivity contribution is -0.167. The van der Waals surface area contributed by atoms with Crippen LogP contribution in [0.4, 0.5) is 0 Å². The number of hydrogen-bond acceptors (Lipinski definition) is 6. The van der Waals surface area contributed by atoms with E-state index in [1.54, 1.807) is 0 Å². The van der Waals surface area contributed by atoms with Gasteiger partial charge in [0.25, 0.3) is 0 Å². The van der Waals surface area contributed by atoms with Crippen LogP contribution in [-0.2, 0) is 28.6 Å². The molecule has 6 heteroatoms. The summed E-state index contributed by atoms with van der Waals surface area (Å²) in [6.07, 6.45) is 87.4. The van der Waals surface area contributed by atoms with E-state index in [4.69, 9.17) is 14.2 Å². The van der Waals surface area contributed by atoms with Gasteiger partial charge in [-0.2, -0.15) is 0 Å². The van der Waals surface area contributed by atoms with Gasteiger partial charge >= 0.3 is 17.9 Å². The van der Waals surface area contributed by atoms with Crippen LogP contribution >= 0.6 is 0 Å². The van der Waals surface area contributed by atoms with Crippen molar-refractivity contribution in [3.8, 4) is 0 Å². The molecule has 0 aliphatic heterocycles. The van der Waals surface area contributed by atoms with E-state index in [1.165, 1.54) is 180 Å². The molecule has 0 saturated heterocycles. The molecule has 0 bridgehead atoms. The van der Waals surface area contributed by atoms with Gasteiger partial charge in [0.05, 0.1) is 0 Å². The number of ether oxygens (including phenoxy) is 3. The van der Waals surface area contributed by atoms with Crippen molar-refractivity contribution in [2.75, 3.05) is 13.2 Å². The first-order valence-corrected chi connectivity index (χ1v) is 33.6. The topological polar surface area (TPSA) is 78.9 Å². The van der Waals surface area contributed by atoms with Crippen molar-refractivity contribution in [2.45, 2.75) is 341 Å². The molecule has 0 heterocycles. The number of allylic oxidation sites excluding steroid dienone is 14. The molecule has 0 rings (SSSR count). The molecule has 78 heavy (non-hydrogen) atoms. The summed E-state index contributed by atoms with van der Waals surface area (Å²) < 4.78 is 16.9. The van der Waals surface area contributed by atoms with E-state index in [-0.39, 0.29) is 31.1 Å². The summed E-state index contributed by atoms with van der Waals surface area (Å²) in [6.45, 7) is 6.49. The summed E-state index contributed by atoms with van der Waals surface area (Å²) in [5.74, 6) is -0.876. The minimum absolute atomic E-state index is 0.0778. The second-order valence-electron chi connectivity index (χ2n) is 22.4. The van der Waals surface area contributed by atoms with Crippen LogP contribution in [0.2, 0.25) is 0 Å². The fraction of sp³-hybridized carbons (Fsp3) is 0.764. The maximum absolute atomic E-state index is 12.9. The maximum Gasteiger partial charge on any atom is 0.306 e. The van der Waals surface area contributed by atoms with Gasteiger partial charge in [0.1, 0.15) is 13.2 Å². The molecule has 0 fully saturated rings. The van der Waals surface area contributed by atoms with Crippen LogP contribution in [0.25, 0.3) is 0 Å². The van der Waals surface area contributed by atoms with Crippen molar-refractivity contribution >= 4 is 17.9 Å². The number of rotatable bonds is 61. The van der Waals surface area contributed by atoms with Gasteiger partial charge in [-0.05, 0) is 89.9 Å². The Labute approximate surface area is 484 Å². The third-order valence-electron chi connectivity index (χ3n) is 14.6. The number of unbranched alkanes of at least 4 members (excludes halogenated alkanes) is 36. The lowest BCUT2D eigenvalue weighted by atomic mass is 10.0.